The van der Waals surface area contributed by atoms with Crippen LogP contribution in [0.1, 0.15) is 19.0 Å². The summed E-state index contributed by atoms with van der Waals surface area (Å²) in [5, 5.41) is 0. The molecule has 0 saturated carbocycles. The van der Waals surface area contributed by atoms with E-state index in [4.69, 9.17) is 4.74 Å². The maximum absolute atomic E-state index is 12.2. The van der Waals surface area contributed by atoms with Crippen LogP contribution in [0.2, 0.25) is 0 Å². The summed E-state index contributed by atoms with van der Waals surface area (Å²) in [6.07, 6.45) is 3.16. The van der Waals surface area contributed by atoms with Crippen LogP contribution in [0.25, 0.3) is 0 Å². The summed E-state index contributed by atoms with van der Waals surface area (Å²) in [6.45, 7) is 2.95. The van der Waals surface area contributed by atoms with E-state index in [9.17, 15) is 8.42 Å². The number of hydrogen-bond acceptors (Lipinski definition) is 4. The molecule has 2 rings (SSSR count). The monoisotopic (exact) mass is 320 g/mol. The van der Waals surface area contributed by atoms with Crippen LogP contribution in [0.4, 0.5) is 0 Å². The number of pyridine rings is 1. The smallest absolute Gasteiger partial charge is 0.240 e. The minimum absolute atomic E-state index is 0.234. The van der Waals surface area contributed by atoms with Crippen molar-refractivity contribution < 1.29 is 13.2 Å². The second-order valence-corrected chi connectivity index (χ2v) is 6.56. The Bertz CT molecular complexity index is 670. The zero-order chi connectivity index (χ0) is 15.8. The van der Waals surface area contributed by atoms with Crippen LogP contribution in [-0.4, -0.2) is 26.6 Å². The van der Waals surface area contributed by atoms with Gasteiger partial charge in [0.2, 0.25) is 10.0 Å². The average molecular weight is 320 g/mol. The van der Waals surface area contributed by atoms with Crippen molar-refractivity contribution in [1.82, 2.24) is 9.71 Å². The Balaban J connectivity index is 1.92. The maximum atomic E-state index is 12.2. The third-order valence-electron chi connectivity index (χ3n) is 3.01. The van der Waals surface area contributed by atoms with Crippen molar-refractivity contribution in [2.75, 3.05) is 13.2 Å². The van der Waals surface area contributed by atoms with E-state index in [2.05, 4.69) is 9.71 Å². The van der Waals surface area contributed by atoms with Crippen molar-refractivity contribution in [2.45, 2.75) is 24.7 Å². The molecule has 6 heteroatoms. The number of nitrogens with zero attached hydrogens (tertiary/aromatic N) is 1. The SMILES string of the molecule is CCCOc1ccc(S(=O)(=O)NCCc2ccccn2)cc1. The average Bonchev–Trinajstić information content (AvgIpc) is 2.54. The predicted octanol–water partition coefficient (Wildman–Crippen LogP) is 2.39. The van der Waals surface area contributed by atoms with Crippen LogP contribution < -0.4 is 9.46 Å². The van der Waals surface area contributed by atoms with Crippen LogP contribution in [0, 0.1) is 0 Å². The Labute approximate surface area is 131 Å². The summed E-state index contributed by atoms with van der Waals surface area (Å²) in [5.41, 5.74) is 0.855. The lowest BCUT2D eigenvalue weighted by Gasteiger charge is -2.08. The second-order valence-electron chi connectivity index (χ2n) is 4.79. The van der Waals surface area contributed by atoms with Gasteiger partial charge < -0.3 is 4.74 Å². The zero-order valence-corrected chi connectivity index (χ0v) is 13.3. The van der Waals surface area contributed by atoms with Gasteiger partial charge >= 0.3 is 0 Å². The number of hydrogen-bond donors (Lipinski definition) is 1. The molecular weight excluding hydrogens is 300 g/mol. The summed E-state index contributed by atoms with van der Waals surface area (Å²) in [4.78, 5) is 4.39. The number of rotatable bonds is 8. The first kappa shape index (κ1) is 16.5. The van der Waals surface area contributed by atoms with Crippen molar-refractivity contribution in [3.8, 4) is 5.75 Å². The van der Waals surface area contributed by atoms with Crippen molar-refractivity contribution >= 4 is 10.0 Å². The summed E-state index contributed by atoms with van der Waals surface area (Å²) < 4.78 is 32.4. The van der Waals surface area contributed by atoms with Gasteiger partial charge in [-0.2, -0.15) is 0 Å². The fourth-order valence-corrected chi connectivity index (χ4v) is 2.91. The van der Waals surface area contributed by atoms with Crippen molar-refractivity contribution in [3.63, 3.8) is 0 Å². The Morgan fingerprint density at radius 1 is 1.14 bits per heavy atom. The Hall–Kier alpha value is -1.92. The van der Waals surface area contributed by atoms with E-state index in [-0.39, 0.29) is 4.90 Å². The van der Waals surface area contributed by atoms with Gasteiger partial charge in [0.05, 0.1) is 11.5 Å². The molecule has 118 valence electrons. The molecule has 1 heterocycles. The van der Waals surface area contributed by atoms with E-state index in [1.165, 1.54) is 0 Å². The molecule has 0 aliphatic rings. The predicted molar refractivity (Wildman–Crippen MR) is 85.4 cm³/mol. The van der Waals surface area contributed by atoms with Crippen LogP contribution in [0.15, 0.2) is 53.6 Å². The van der Waals surface area contributed by atoms with E-state index in [1.807, 2.05) is 25.1 Å². The quantitative estimate of drug-likeness (QED) is 0.811. The molecule has 0 atom stereocenters. The number of aromatic nitrogens is 1. The first-order valence-corrected chi connectivity index (χ1v) is 8.72. The molecule has 0 radical (unpaired) electrons. The molecule has 0 saturated heterocycles. The van der Waals surface area contributed by atoms with Crippen LogP contribution in [0.3, 0.4) is 0 Å². The Morgan fingerprint density at radius 2 is 1.91 bits per heavy atom. The summed E-state index contributed by atoms with van der Waals surface area (Å²) >= 11 is 0. The third kappa shape index (κ3) is 4.82. The lowest BCUT2D eigenvalue weighted by Crippen LogP contribution is -2.26. The lowest BCUT2D eigenvalue weighted by atomic mass is 10.3. The van der Waals surface area contributed by atoms with Gasteiger partial charge in [0.15, 0.2) is 0 Å². The largest absolute Gasteiger partial charge is 0.494 e. The molecule has 1 aromatic carbocycles. The lowest BCUT2D eigenvalue weighted by molar-refractivity contribution is 0.317. The van der Waals surface area contributed by atoms with E-state index < -0.39 is 10.0 Å². The van der Waals surface area contributed by atoms with Gasteiger partial charge in [-0.15, -0.1) is 0 Å². The molecule has 5 nitrogen and oxygen atoms in total. The fraction of sp³-hybridized carbons (Fsp3) is 0.312. The van der Waals surface area contributed by atoms with E-state index in [1.54, 1.807) is 30.5 Å². The van der Waals surface area contributed by atoms with Crippen molar-refractivity contribution in [2.24, 2.45) is 0 Å². The van der Waals surface area contributed by atoms with Crippen LogP contribution in [0.5, 0.6) is 5.75 Å². The highest BCUT2D eigenvalue weighted by molar-refractivity contribution is 7.89. The molecule has 0 amide bonds. The van der Waals surface area contributed by atoms with Crippen LogP contribution in [-0.2, 0) is 16.4 Å². The van der Waals surface area contributed by atoms with Crippen molar-refractivity contribution in [1.29, 1.82) is 0 Å². The summed E-state index contributed by atoms with van der Waals surface area (Å²) in [7, 11) is -3.50. The number of benzene rings is 1. The minimum atomic E-state index is -3.50. The highest BCUT2D eigenvalue weighted by Crippen LogP contribution is 2.16. The molecule has 0 aliphatic carbocycles. The zero-order valence-electron chi connectivity index (χ0n) is 12.5. The second kappa shape index (κ2) is 7.91. The normalized spacial score (nSPS) is 11.3. The molecule has 0 bridgehead atoms. The summed E-state index contributed by atoms with van der Waals surface area (Å²) in [5.74, 6) is 0.675. The standard InChI is InChI=1S/C16H20N2O3S/c1-2-13-21-15-6-8-16(9-7-15)22(19,20)18-12-10-14-5-3-4-11-17-14/h3-9,11,18H,2,10,12-13H2,1H3. The number of ether oxygens (including phenoxy) is 1. The van der Waals surface area contributed by atoms with Crippen LogP contribution >= 0.6 is 0 Å². The minimum Gasteiger partial charge on any atom is -0.494 e. The summed E-state index contributed by atoms with van der Waals surface area (Å²) in [6, 6.07) is 12.0. The van der Waals surface area contributed by atoms with Gasteiger partial charge in [-0.05, 0) is 42.8 Å². The number of nitrogens with one attached hydrogen (secondary N) is 1. The Kier molecular flexibility index (Phi) is 5.91. The molecule has 2 aromatic rings. The molecule has 0 fully saturated rings. The van der Waals surface area contributed by atoms with Gasteiger partial charge in [-0.3, -0.25) is 4.98 Å². The Morgan fingerprint density at radius 3 is 2.55 bits per heavy atom. The maximum Gasteiger partial charge on any atom is 0.240 e. The van der Waals surface area contributed by atoms with Gasteiger partial charge in [-0.25, -0.2) is 13.1 Å². The third-order valence-corrected chi connectivity index (χ3v) is 4.48. The first-order chi connectivity index (χ1) is 10.6. The molecule has 22 heavy (non-hydrogen) atoms. The topological polar surface area (TPSA) is 68.3 Å². The highest BCUT2D eigenvalue weighted by atomic mass is 32.2. The molecule has 1 N–H and O–H groups in total. The highest BCUT2D eigenvalue weighted by Gasteiger charge is 2.13. The van der Waals surface area contributed by atoms with Gasteiger partial charge in [0.1, 0.15) is 5.75 Å². The fourth-order valence-electron chi connectivity index (χ4n) is 1.88. The van der Waals surface area contributed by atoms with E-state index in [0.29, 0.717) is 25.3 Å². The van der Waals surface area contributed by atoms with E-state index >= 15 is 0 Å². The van der Waals surface area contributed by atoms with Crippen molar-refractivity contribution in [3.05, 3.63) is 54.4 Å². The van der Waals surface area contributed by atoms with Gasteiger partial charge in [0, 0.05) is 24.9 Å². The number of sulfonamides is 1. The molecule has 1 aromatic heterocycles. The van der Waals surface area contributed by atoms with Gasteiger partial charge in [-0.1, -0.05) is 13.0 Å². The molecule has 0 aliphatic heterocycles. The molecule has 0 spiro atoms. The molecular formula is C16H20N2O3S. The first-order valence-electron chi connectivity index (χ1n) is 7.24. The van der Waals surface area contributed by atoms with Gasteiger partial charge in [0.25, 0.3) is 0 Å². The van der Waals surface area contributed by atoms with E-state index in [0.717, 1.165) is 12.1 Å². The molecule has 0 unspecified atom stereocenters.